The second-order valence-corrected chi connectivity index (χ2v) is 4.56. The fraction of sp³-hybridized carbons (Fsp3) is 0.267. The van der Waals surface area contributed by atoms with Gasteiger partial charge in [0.15, 0.2) is 6.20 Å². The summed E-state index contributed by atoms with van der Waals surface area (Å²) in [6, 6.07) is 3.62. The molecule has 0 aromatic carbocycles. The van der Waals surface area contributed by atoms with Crippen molar-refractivity contribution in [1.82, 2.24) is 15.1 Å². The molecule has 9 heteroatoms. The number of rotatable bonds is 3. The van der Waals surface area contributed by atoms with Crippen LogP contribution in [0.5, 0.6) is 0 Å². The predicted octanol–water partition coefficient (Wildman–Crippen LogP) is 2.12. The zero-order valence-electron chi connectivity index (χ0n) is 13.1. The third kappa shape index (κ3) is 6.51. The first-order valence-electron chi connectivity index (χ1n) is 6.65. The highest BCUT2D eigenvalue weighted by Crippen LogP contribution is 2.22. The highest BCUT2D eigenvalue weighted by atomic mass is 19.4. The summed E-state index contributed by atoms with van der Waals surface area (Å²) in [5.74, 6) is -0.336. The van der Waals surface area contributed by atoms with Crippen LogP contribution in [-0.4, -0.2) is 34.3 Å². The van der Waals surface area contributed by atoms with Crippen LogP contribution in [0, 0.1) is 0 Å². The Balaban J connectivity index is 0.000000351. The molecule has 0 fully saturated rings. The molecule has 0 radical (unpaired) electrons. The maximum Gasteiger partial charge on any atom is 0.411 e. The van der Waals surface area contributed by atoms with Crippen LogP contribution in [0.2, 0.25) is 0 Å². The number of carbonyl (C=O) groups is 1. The molecule has 0 spiro atoms. The van der Waals surface area contributed by atoms with Gasteiger partial charge < -0.3 is 4.74 Å². The minimum atomic E-state index is -4.19. The first-order valence-corrected chi connectivity index (χ1v) is 6.65. The largest absolute Gasteiger partial charge is 0.464 e. The van der Waals surface area contributed by atoms with Gasteiger partial charge in [0.05, 0.1) is 12.8 Å². The maximum atomic E-state index is 11.1. The van der Waals surface area contributed by atoms with E-state index >= 15 is 0 Å². The van der Waals surface area contributed by atoms with Gasteiger partial charge in [-0.25, -0.2) is 14.8 Å². The van der Waals surface area contributed by atoms with E-state index in [1.807, 2.05) is 6.07 Å². The van der Waals surface area contributed by atoms with Crippen LogP contribution < -0.4 is 4.68 Å². The second-order valence-electron chi connectivity index (χ2n) is 4.56. The Hall–Kier alpha value is -2.84. The lowest BCUT2D eigenvalue weighted by atomic mass is 10.2. The van der Waals surface area contributed by atoms with Crippen LogP contribution in [0.15, 0.2) is 49.2 Å². The minimum Gasteiger partial charge on any atom is -0.464 e. The van der Waals surface area contributed by atoms with Crippen molar-refractivity contribution in [3.05, 3.63) is 49.2 Å². The highest BCUT2D eigenvalue weighted by molar-refractivity contribution is 5.67. The molecule has 0 unspecified atom stereocenters. The zero-order chi connectivity index (χ0) is 18.2. The molecular weight excluding hydrogens is 325 g/mol. The molecule has 0 bridgehead atoms. The number of methoxy groups -OCH3 is 1. The summed E-state index contributed by atoms with van der Waals surface area (Å²) in [7, 11) is 1.35. The van der Waals surface area contributed by atoms with Crippen LogP contribution in [-0.2, 0) is 16.1 Å². The Bertz CT molecular complexity index is 673. The number of allylic oxidation sites excluding steroid dienone is 1. The quantitative estimate of drug-likeness (QED) is 0.486. The first kappa shape index (κ1) is 19.2. The highest BCUT2D eigenvalue weighted by Gasteiger charge is 2.27. The van der Waals surface area contributed by atoms with Gasteiger partial charge in [0.25, 0.3) is 6.54 Å². The molecule has 2 aromatic heterocycles. The van der Waals surface area contributed by atoms with E-state index in [9.17, 15) is 18.0 Å². The zero-order valence-corrected chi connectivity index (χ0v) is 13.1. The molecule has 0 atom stereocenters. The summed E-state index contributed by atoms with van der Waals surface area (Å²) in [4.78, 5) is 19.0. The van der Waals surface area contributed by atoms with Crippen molar-refractivity contribution in [2.24, 2.45) is 0 Å². The monoisotopic (exact) mass is 341 g/mol. The van der Waals surface area contributed by atoms with E-state index in [0.717, 1.165) is 18.2 Å². The van der Waals surface area contributed by atoms with E-state index in [2.05, 4.69) is 26.4 Å². The standard InChI is InChI=1S/C11H11N4O2.C4H5F3/c1-17-11(16)7-15-5-3-9(6-14-15)10-2-4-12-8-13-10;1-3(2)4(5,6)7/h2-6,8H,7H2,1H3;1H2,2H3/q+1;. The van der Waals surface area contributed by atoms with E-state index < -0.39 is 11.7 Å². The third-order valence-electron chi connectivity index (χ3n) is 2.65. The van der Waals surface area contributed by atoms with Gasteiger partial charge in [-0.05, 0) is 18.1 Å². The Labute approximate surface area is 136 Å². The summed E-state index contributed by atoms with van der Waals surface area (Å²) in [6.07, 6.45) is 2.29. The van der Waals surface area contributed by atoms with Gasteiger partial charge in [-0.15, -0.1) is 0 Å². The van der Waals surface area contributed by atoms with Crippen molar-refractivity contribution in [2.75, 3.05) is 7.11 Å². The Morgan fingerprint density at radius 1 is 1.38 bits per heavy atom. The summed E-state index contributed by atoms with van der Waals surface area (Å²) >= 11 is 0. The topological polar surface area (TPSA) is 68.8 Å². The first-order chi connectivity index (χ1) is 11.2. The van der Waals surface area contributed by atoms with E-state index in [1.165, 1.54) is 18.1 Å². The van der Waals surface area contributed by atoms with Gasteiger partial charge in [-0.3, -0.25) is 0 Å². The number of halogens is 3. The number of nitrogens with zero attached hydrogens (tertiary/aromatic N) is 4. The predicted molar refractivity (Wildman–Crippen MR) is 78.3 cm³/mol. The van der Waals surface area contributed by atoms with Crippen molar-refractivity contribution in [3.8, 4) is 11.3 Å². The van der Waals surface area contributed by atoms with Crippen LogP contribution in [0.1, 0.15) is 6.92 Å². The number of esters is 1. The molecule has 0 aliphatic carbocycles. The molecule has 0 saturated heterocycles. The third-order valence-corrected chi connectivity index (χ3v) is 2.65. The van der Waals surface area contributed by atoms with Gasteiger partial charge in [-0.2, -0.15) is 13.2 Å². The van der Waals surface area contributed by atoms with E-state index in [-0.39, 0.29) is 12.5 Å². The lowest BCUT2D eigenvalue weighted by Gasteiger charge is -2.01. The van der Waals surface area contributed by atoms with Gasteiger partial charge in [0.2, 0.25) is 0 Å². The summed E-state index contributed by atoms with van der Waals surface area (Å²) in [5, 5.41) is 4.10. The number of hydrogen-bond donors (Lipinski definition) is 0. The van der Waals surface area contributed by atoms with E-state index in [0.29, 0.717) is 0 Å². The number of aromatic nitrogens is 4. The molecule has 2 rings (SSSR count). The average Bonchev–Trinajstić information content (AvgIpc) is 2.56. The SMILES string of the molecule is C=C(C)C(F)(F)F.COC(=O)C[n+]1ccc(-c2ccncn2)cn1. The van der Waals surface area contributed by atoms with Gasteiger partial charge in [0, 0.05) is 23.4 Å². The lowest BCUT2D eigenvalue weighted by molar-refractivity contribution is -0.743. The van der Waals surface area contributed by atoms with E-state index in [1.54, 1.807) is 24.7 Å². The minimum absolute atomic E-state index is 0.0978. The normalized spacial score (nSPS) is 10.4. The van der Waals surface area contributed by atoms with Crippen LogP contribution in [0.4, 0.5) is 13.2 Å². The lowest BCUT2D eigenvalue weighted by Crippen LogP contribution is -2.41. The fourth-order valence-electron chi connectivity index (χ4n) is 1.29. The van der Waals surface area contributed by atoms with Crippen molar-refractivity contribution in [1.29, 1.82) is 0 Å². The van der Waals surface area contributed by atoms with Crippen molar-refractivity contribution >= 4 is 5.97 Å². The van der Waals surface area contributed by atoms with Crippen molar-refractivity contribution < 1.29 is 27.4 Å². The van der Waals surface area contributed by atoms with E-state index in [4.69, 9.17) is 0 Å². The molecule has 0 aliphatic rings. The smallest absolute Gasteiger partial charge is 0.411 e. The van der Waals surface area contributed by atoms with Gasteiger partial charge in [-0.1, -0.05) is 11.3 Å². The molecule has 6 nitrogen and oxygen atoms in total. The van der Waals surface area contributed by atoms with Crippen LogP contribution in [0.25, 0.3) is 11.3 Å². The van der Waals surface area contributed by atoms with Crippen molar-refractivity contribution in [2.45, 2.75) is 19.6 Å². The fourth-order valence-corrected chi connectivity index (χ4v) is 1.29. The molecule has 2 heterocycles. The Kier molecular flexibility index (Phi) is 6.97. The van der Waals surface area contributed by atoms with Gasteiger partial charge >= 0.3 is 12.1 Å². The summed E-state index contributed by atoms with van der Waals surface area (Å²) in [5.41, 5.74) is 0.902. The molecule has 0 aliphatic heterocycles. The molecule has 2 aromatic rings. The average molecular weight is 341 g/mol. The summed E-state index contributed by atoms with van der Waals surface area (Å²) in [6.45, 7) is 3.73. The number of hydrogen-bond acceptors (Lipinski definition) is 5. The summed E-state index contributed by atoms with van der Waals surface area (Å²) < 4.78 is 39.3. The van der Waals surface area contributed by atoms with Crippen molar-refractivity contribution in [3.63, 3.8) is 0 Å². The molecule has 24 heavy (non-hydrogen) atoms. The van der Waals surface area contributed by atoms with Crippen LogP contribution >= 0.6 is 0 Å². The Morgan fingerprint density at radius 3 is 2.46 bits per heavy atom. The number of alkyl halides is 3. The second kappa shape index (κ2) is 8.70. The molecule has 0 N–H and O–H groups in total. The number of ether oxygens (including phenoxy) is 1. The van der Waals surface area contributed by atoms with Gasteiger partial charge in [0.1, 0.15) is 12.5 Å². The molecular formula is C15H16F3N4O2+. The molecule has 0 amide bonds. The Morgan fingerprint density at radius 2 is 2.04 bits per heavy atom. The number of carbonyl (C=O) groups excluding carboxylic acids is 1. The molecule has 128 valence electrons. The van der Waals surface area contributed by atoms with Crippen LogP contribution in [0.3, 0.4) is 0 Å². The molecule has 0 saturated carbocycles. The maximum absolute atomic E-state index is 11.1.